The normalized spacial score (nSPS) is 10.9. The van der Waals surface area contributed by atoms with Crippen molar-refractivity contribution in [2.24, 2.45) is 7.05 Å². The van der Waals surface area contributed by atoms with Crippen LogP contribution in [0.4, 0.5) is 0 Å². The molecule has 4 heteroatoms. The lowest BCUT2D eigenvalue weighted by Crippen LogP contribution is -2.24. The minimum absolute atomic E-state index is 0.532. The summed E-state index contributed by atoms with van der Waals surface area (Å²) in [5, 5.41) is 4.42. The van der Waals surface area contributed by atoms with E-state index in [0.717, 1.165) is 31.1 Å². The van der Waals surface area contributed by atoms with Crippen LogP contribution in [0.5, 0.6) is 5.75 Å². The van der Waals surface area contributed by atoms with E-state index in [1.54, 1.807) is 6.08 Å². The van der Waals surface area contributed by atoms with E-state index in [2.05, 4.69) is 41.7 Å². The van der Waals surface area contributed by atoms with Gasteiger partial charge in [-0.15, -0.1) is 0 Å². The standard InChI is InChI=1S/C18H25N3O/c1-5-11-22-18-10-8-7-9-16(18)13-21(6-2)14-17-12-15(3)19-20(17)4/h5,7-10,12H,1,6,11,13-14H2,2-4H3. The third-order valence-corrected chi connectivity index (χ3v) is 3.65. The van der Waals surface area contributed by atoms with Crippen molar-refractivity contribution in [3.8, 4) is 5.75 Å². The van der Waals surface area contributed by atoms with Gasteiger partial charge in [-0.25, -0.2) is 0 Å². The molecule has 0 radical (unpaired) electrons. The third kappa shape index (κ3) is 4.21. The Hall–Kier alpha value is -2.07. The molecule has 0 aliphatic heterocycles. The summed E-state index contributed by atoms with van der Waals surface area (Å²) >= 11 is 0. The first kappa shape index (κ1) is 16.3. The number of aryl methyl sites for hydroxylation is 2. The van der Waals surface area contributed by atoms with Crippen LogP contribution in [0.1, 0.15) is 23.9 Å². The molecule has 0 saturated heterocycles. The Morgan fingerprint density at radius 1 is 1.32 bits per heavy atom. The summed E-state index contributed by atoms with van der Waals surface area (Å²) < 4.78 is 7.70. The molecule has 0 unspecified atom stereocenters. The molecule has 0 aliphatic carbocycles. The fourth-order valence-electron chi connectivity index (χ4n) is 2.49. The number of nitrogens with zero attached hydrogens (tertiary/aromatic N) is 3. The monoisotopic (exact) mass is 299 g/mol. The fraction of sp³-hybridized carbons (Fsp3) is 0.389. The highest BCUT2D eigenvalue weighted by atomic mass is 16.5. The van der Waals surface area contributed by atoms with Gasteiger partial charge in [-0.2, -0.15) is 5.10 Å². The number of para-hydroxylation sites is 1. The van der Waals surface area contributed by atoms with E-state index >= 15 is 0 Å². The summed E-state index contributed by atoms with van der Waals surface area (Å²) in [5.41, 5.74) is 3.48. The highest BCUT2D eigenvalue weighted by Crippen LogP contribution is 2.21. The molecule has 0 spiro atoms. The van der Waals surface area contributed by atoms with Crippen LogP contribution >= 0.6 is 0 Å². The molecule has 0 amide bonds. The van der Waals surface area contributed by atoms with Gasteiger partial charge in [-0.3, -0.25) is 9.58 Å². The molecular weight excluding hydrogens is 274 g/mol. The van der Waals surface area contributed by atoms with E-state index in [1.807, 2.05) is 30.8 Å². The van der Waals surface area contributed by atoms with E-state index in [4.69, 9.17) is 4.74 Å². The maximum atomic E-state index is 5.75. The van der Waals surface area contributed by atoms with Gasteiger partial charge in [-0.1, -0.05) is 37.8 Å². The minimum Gasteiger partial charge on any atom is -0.489 e. The van der Waals surface area contributed by atoms with E-state index in [1.165, 1.54) is 11.3 Å². The Labute approximate surface area is 133 Å². The molecule has 0 fully saturated rings. The first-order chi connectivity index (χ1) is 10.6. The van der Waals surface area contributed by atoms with E-state index in [0.29, 0.717) is 6.61 Å². The first-order valence-corrected chi connectivity index (χ1v) is 7.67. The molecule has 4 nitrogen and oxygen atoms in total. The second kappa shape index (κ2) is 7.80. The van der Waals surface area contributed by atoms with Crippen LogP contribution in [0.3, 0.4) is 0 Å². The topological polar surface area (TPSA) is 30.3 Å². The smallest absolute Gasteiger partial charge is 0.124 e. The SMILES string of the molecule is C=CCOc1ccccc1CN(CC)Cc1cc(C)nn1C. The molecule has 0 saturated carbocycles. The number of ether oxygens (including phenoxy) is 1. The zero-order valence-corrected chi connectivity index (χ0v) is 13.7. The number of aromatic nitrogens is 2. The average Bonchev–Trinajstić information content (AvgIpc) is 2.83. The Balaban J connectivity index is 2.10. The fourth-order valence-corrected chi connectivity index (χ4v) is 2.49. The molecular formula is C18H25N3O. The van der Waals surface area contributed by atoms with Gasteiger partial charge in [0.2, 0.25) is 0 Å². The van der Waals surface area contributed by atoms with Crippen molar-refractivity contribution >= 4 is 0 Å². The second-order valence-electron chi connectivity index (χ2n) is 5.41. The quantitative estimate of drug-likeness (QED) is 0.701. The molecule has 2 rings (SSSR count). The lowest BCUT2D eigenvalue weighted by Gasteiger charge is -2.22. The van der Waals surface area contributed by atoms with Crippen molar-refractivity contribution in [2.75, 3.05) is 13.2 Å². The number of hydrogen-bond acceptors (Lipinski definition) is 3. The van der Waals surface area contributed by atoms with Gasteiger partial charge < -0.3 is 4.74 Å². The minimum atomic E-state index is 0.532. The molecule has 0 aliphatic rings. The molecule has 1 aromatic carbocycles. The van der Waals surface area contributed by atoms with Crippen molar-refractivity contribution in [3.63, 3.8) is 0 Å². The molecule has 2 aromatic rings. The number of rotatable bonds is 8. The largest absolute Gasteiger partial charge is 0.489 e. The summed E-state index contributed by atoms with van der Waals surface area (Å²) in [6.45, 7) is 11.1. The van der Waals surface area contributed by atoms with Gasteiger partial charge in [0.15, 0.2) is 0 Å². The van der Waals surface area contributed by atoms with Crippen molar-refractivity contribution in [2.45, 2.75) is 26.9 Å². The third-order valence-electron chi connectivity index (χ3n) is 3.65. The summed E-state index contributed by atoms with van der Waals surface area (Å²) in [5.74, 6) is 0.932. The van der Waals surface area contributed by atoms with E-state index in [-0.39, 0.29) is 0 Å². The predicted octanol–water partition coefficient (Wildman–Crippen LogP) is 3.32. The van der Waals surface area contributed by atoms with Gasteiger partial charge in [0.05, 0.1) is 11.4 Å². The summed E-state index contributed by atoms with van der Waals surface area (Å²) in [6, 6.07) is 10.3. The Morgan fingerprint density at radius 2 is 2.09 bits per heavy atom. The van der Waals surface area contributed by atoms with Crippen LogP contribution in [-0.2, 0) is 20.1 Å². The van der Waals surface area contributed by atoms with Crippen LogP contribution in [0.15, 0.2) is 43.0 Å². The van der Waals surface area contributed by atoms with Gasteiger partial charge in [0, 0.05) is 25.7 Å². The van der Waals surface area contributed by atoms with Crippen molar-refractivity contribution in [1.29, 1.82) is 0 Å². The van der Waals surface area contributed by atoms with Crippen molar-refractivity contribution < 1.29 is 4.74 Å². The van der Waals surface area contributed by atoms with Gasteiger partial charge in [0.25, 0.3) is 0 Å². The maximum absolute atomic E-state index is 5.75. The highest BCUT2D eigenvalue weighted by Gasteiger charge is 2.11. The van der Waals surface area contributed by atoms with Crippen LogP contribution in [0, 0.1) is 6.92 Å². The van der Waals surface area contributed by atoms with Crippen molar-refractivity contribution in [1.82, 2.24) is 14.7 Å². The van der Waals surface area contributed by atoms with Gasteiger partial charge in [-0.05, 0) is 25.6 Å². The predicted molar refractivity (Wildman–Crippen MR) is 89.9 cm³/mol. The summed E-state index contributed by atoms with van der Waals surface area (Å²) in [6.07, 6.45) is 1.77. The summed E-state index contributed by atoms with van der Waals surface area (Å²) in [7, 11) is 2.00. The zero-order chi connectivity index (χ0) is 15.9. The molecule has 0 atom stereocenters. The average molecular weight is 299 g/mol. The Kier molecular flexibility index (Phi) is 5.78. The number of hydrogen-bond donors (Lipinski definition) is 0. The van der Waals surface area contributed by atoms with Crippen LogP contribution in [0.2, 0.25) is 0 Å². The molecule has 118 valence electrons. The van der Waals surface area contributed by atoms with Gasteiger partial charge in [0.1, 0.15) is 12.4 Å². The lowest BCUT2D eigenvalue weighted by molar-refractivity contribution is 0.257. The molecule has 1 heterocycles. The molecule has 0 bridgehead atoms. The zero-order valence-electron chi connectivity index (χ0n) is 13.7. The Morgan fingerprint density at radius 3 is 2.73 bits per heavy atom. The first-order valence-electron chi connectivity index (χ1n) is 7.67. The number of benzene rings is 1. The lowest BCUT2D eigenvalue weighted by atomic mass is 10.2. The molecule has 22 heavy (non-hydrogen) atoms. The molecule has 1 aromatic heterocycles. The van der Waals surface area contributed by atoms with Crippen LogP contribution < -0.4 is 4.74 Å². The van der Waals surface area contributed by atoms with Crippen LogP contribution in [-0.4, -0.2) is 27.8 Å². The van der Waals surface area contributed by atoms with Crippen molar-refractivity contribution in [3.05, 3.63) is 59.9 Å². The van der Waals surface area contributed by atoms with Gasteiger partial charge >= 0.3 is 0 Å². The Bertz CT molecular complexity index is 619. The summed E-state index contributed by atoms with van der Waals surface area (Å²) in [4.78, 5) is 2.38. The maximum Gasteiger partial charge on any atom is 0.124 e. The highest BCUT2D eigenvalue weighted by molar-refractivity contribution is 5.33. The second-order valence-corrected chi connectivity index (χ2v) is 5.41. The molecule has 0 N–H and O–H groups in total. The van der Waals surface area contributed by atoms with E-state index in [9.17, 15) is 0 Å². The van der Waals surface area contributed by atoms with Crippen LogP contribution in [0.25, 0.3) is 0 Å². The van der Waals surface area contributed by atoms with E-state index < -0.39 is 0 Å².